The van der Waals surface area contributed by atoms with Crippen molar-refractivity contribution in [2.45, 2.75) is 27.2 Å². The maximum absolute atomic E-state index is 4.35. The van der Waals surface area contributed by atoms with Crippen LogP contribution in [-0.2, 0) is 0 Å². The molecule has 2 aromatic rings. The van der Waals surface area contributed by atoms with Crippen molar-refractivity contribution in [2.75, 3.05) is 23.7 Å². The van der Waals surface area contributed by atoms with E-state index in [2.05, 4.69) is 56.4 Å². The lowest BCUT2D eigenvalue weighted by molar-refractivity contribution is 0.682. The first kappa shape index (κ1) is 14.2. The lowest BCUT2D eigenvalue weighted by atomic mass is 10.2. The first-order chi connectivity index (χ1) is 9.69. The van der Waals surface area contributed by atoms with Crippen molar-refractivity contribution < 1.29 is 0 Å². The van der Waals surface area contributed by atoms with Crippen LogP contribution in [0.3, 0.4) is 0 Å². The zero-order valence-corrected chi connectivity index (χ0v) is 12.0. The van der Waals surface area contributed by atoms with Gasteiger partial charge in [0.25, 0.3) is 5.95 Å². The van der Waals surface area contributed by atoms with Crippen LogP contribution < -0.4 is 10.6 Å². The number of rotatable bonds is 7. The van der Waals surface area contributed by atoms with E-state index in [0.717, 1.165) is 19.5 Å². The van der Waals surface area contributed by atoms with Crippen LogP contribution in [0, 0.1) is 5.92 Å². The lowest BCUT2D eigenvalue weighted by Crippen LogP contribution is -2.15. The van der Waals surface area contributed by atoms with Crippen LogP contribution in [0.25, 0.3) is 5.95 Å². The standard InChI is InChI=1S/C12H20N8/c1-4-5-14-10-17-11(15-6-9(2)3)19-12(18-10)20-8-13-7-16-20/h7-9H,4-6H2,1-3H3,(H2,14,15,17,18,19). The molecule has 8 heteroatoms. The maximum atomic E-state index is 4.35. The van der Waals surface area contributed by atoms with Gasteiger partial charge < -0.3 is 10.6 Å². The highest BCUT2D eigenvalue weighted by Crippen LogP contribution is 2.09. The summed E-state index contributed by atoms with van der Waals surface area (Å²) in [7, 11) is 0. The molecule has 0 aromatic carbocycles. The second kappa shape index (κ2) is 6.78. The quantitative estimate of drug-likeness (QED) is 0.788. The van der Waals surface area contributed by atoms with Gasteiger partial charge in [0.05, 0.1) is 0 Å². The van der Waals surface area contributed by atoms with Crippen LogP contribution in [0.2, 0.25) is 0 Å². The summed E-state index contributed by atoms with van der Waals surface area (Å²) >= 11 is 0. The van der Waals surface area contributed by atoms with Crippen molar-refractivity contribution in [1.29, 1.82) is 0 Å². The largest absolute Gasteiger partial charge is 0.354 e. The van der Waals surface area contributed by atoms with Crippen LogP contribution in [0.4, 0.5) is 11.9 Å². The van der Waals surface area contributed by atoms with Crippen molar-refractivity contribution in [3.8, 4) is 5.95 Å². The number of aromatic nitrogens is 6. The zero-order valence-electron chi connectivity index (χ0n) is 12.0. The monoisotopic (exact) mass is 276 g/mol. The summed E-state index contributed by atoms with van der Waals surface area (Å²) in [6, 6.07) is 0. The Labute approximate surface area is 118 Å². The fourth-order valence-electron chi connectivity index (χ4n) is 1.47. The molecule has 0 amide bonds. The van der Waals surface area contributed by atoms with E-state index in [0.29, 0.717) is 23.8 Å². The normalized spacial score (nSPS) is 10.8. The Morgan fingerprint density at radius 1 is 1.15 bits per heavy atom. The Bertz CT molecular complexity index is 522. The van der Waals surface area contributed by atoms with E-state index < -0.39 is 0 Å². The van der Waals surface area contributed by atoms with Crippen molar-refractivity contribution in [1.82, 2.24) is 29.7 Å². The van der Waals surface area contributed by atoms with E-state index in [4.69, 9.17) is 0 Å². The van der Waals surface area contributed by atoms with Gasteiger partial charge in [-0.05, 0) is 12.3 Å². The highest BCUT2D eigenvalue weighted by molar-refractivity contribution is 5.37. The summed E-state index contributed by atoms with van der Waals surface area (Å²) in [5.41, 5.74) is 0. The molecular weight excluding hydrogens is 256 g/mol. The second-order valence-corrected chi connectivity index (χ2v) is 4.82. The van der Waals surface area contributed by atoms with E-state index in [1.165, 1.54) is 11.0 Å². The van der Waals surface area contributed by atoms with Crippen molar-refractivity contribution in [3.63, 3.8) is 0 Å². The predicted octanol–water partition coefficient (Wildman–Crippen LogP) is 1.34. The van der Waals surface area contributed by atoms with Crippen LogP contribution >= 0.6 is 0 Å². The number of hydrogen-bond donors (Lipinski definition) is 2. The zero-order chi connectivity index (χ0) is 14.4. The van der Waals surface area contributed by atoms with Gasteiger partial charge in [0.1, 0.15) is 12.7 Å². The minimum atomic E-state index is 0.447. The molecule has 0 aliphatic rings. The Morgan fingerprint density at radius 3 is 2.50 bits per heavy atom. The molecule has 0 unspecified atom stereocenters. The lowest BCUT2D eigenvalue weighted by Gasteiger charge is -2.10. The Morgan fingerprint density at radius 2 is 1.90 bits per heavy atom. The van der Waals surface area contributed by atoms with E-state index in [1.807, 2.05) is 0 Å². The Hall–Kier alpha value is -2.25. The maximum Gasteiger partial charge on any atom is 0.258 e. The highest BCUT2D eigenvalue weighted by Gasteiger charge is 2.08. The molecule has 2 aromatic heterocycles. The molecule has 0 radical (unpaired) electrons. The highest BCUT2D eigenvalue weighted by atomic mass is 15.4. The summed E-state index contributed by atoms with van der Waals surface area (Å²) in [5.74, 6) is 2.03. The van der Waals surface area contributed by atoms with E-state index in [9.17, 15) is 0 Å². The molecule has 8 nitrogen and oxygen atoms in total. The fraction of sp³-hybridized carbons (Fsp3) is 0.583. The third-order valence-electron chi connectivity index (χ3n) is 2.45. The molecule has 108 valence electrons. The summed E-state index contributed by atoms with van der Waals surface area (Å²) < 4.78 is 1.51. The van der Waals surface area contributed by atoms with Crippen molar-refractivity contribution in [2.24, 2.45) is 5.92 Å². The third kappa shape index (κ3) is 3.87. The van der Waals surface area contributed by atoms with Gasteiger partial charge >= 0.3 is 0 Å². The molecule has 2 rings (SSSR count). The first-order valence-corrected chi connectivity index (χ1v) is 6.78. The summed E-state index contributed by atoms with van der Waals surface area (Å²) in [4.78, 5) is 16.9. The van der Waals surface area contributed by atoms with Gasteiger partial charge in [-0.1, -0.05) is 20.8 Å². The van der Waals surface area contributed by atoms with E-state index in [1.54, 1.807) is 6.33 Å². The molecule has 0 bridgehead atoms. The molecule has 0 aliphatic carbocycles. The Balaban J connectivity index is 2.24. The molecule has 0 saturated heterocycles. The van der Waals surface area contributed by atoms with Gasteiger partial charge in [-0.3, -0.25) is 0 Å². The number of nitrogens with zero attached hydrogens (tertiary/aromatic N) is 6. The first-order valence-electron chi connectivity index (χ1n) is 6.78. The number of hydrogen-bond acceptors (Lipinski definition) is 7. The molecule has 0 fully saturated rings. The van der Waals surface area contributed by atoms with Crippen molar-refractivity contribution >= 4 is 11.9 Å². The molecule has 0 aliphatic heterocycles. The smallest absolute Gasteiger partial charge is 0.258 e. The molecule has 0 saturated carbocycles. The second-order valence-electron chi connectivity index (χ2n) is 4.82. The van der Waals surface area contributed by atoms with Gasteiger partial charge in [-0.25, -0.2) is 4.98 Å². The molecular formula is C12H20N8. The third-order valence-corrected chi connectivity index (χ3v) is 2.45. The minimum Gasteiger partial charge on any atom is -0.354 e. The van der Waals surface area contributed by atoms with E-state index in [-0.39, 0.29) is 0 Å². The van der Waals surface area contributed by atoms with Crippen LogP contribution in [0.5, 0.6) is 0 Å². The van der Waals surface area contributed by atoms with Crippen LogP contribution in [0.15, 0.2) is 12.7 Å². The summed E-state index contributed by atoms with van der Waals surface area (Å²) in [6.45, 7) is 7.95. The van der Waals surface area contributed by atoms with Gasteiger partial charge in [-0.15, -0.1) is 0 Å². The van der Waals surface area contributed by atoms with Gasteiger partial charge in [0.15, 0.2) is 0 Å². The van der Waals surface area contributed by atoms with Gasteiger partial charge in [0, 0.05) is 13.1 Å². The topological polar surface area (TPSA) is 93.4 Å². The van der Waals surface area contributed by atoms with Crippen LogP contribution in [0.1, 0.15) is 27.2 Å². The SMILES string of the molecule is CCCNc1nc(NCC(C)C)nc(-n2cncn2)n1. The van der Waals surface area contributed by atoms with Gasteiger partial charge in [-0.2, -0.15) is 24.7 Å². The molecule has 0 spiro atoms. The average molecular weight is 276 g/mol. The van der Waals surface area contributed by atoms with Crippen LogP contribution in [-0.4, -0.2) is 42.8 Å². The fourth-order valence-corrected chi connectivity index (χ4v) is 1.47. The molecule has 2 N–H and O–H groups in total. The molecule has 2 heterocycles. The number of nitrogens with one attached hydrogen (secondary N) is 2. The predicted molar refractivity (Wildman–Crippen MR) is 76.9 cm³/mol. The summed E-state index contributed by atoms with van der Waals surface area (Å²) in [5, 5.41) is 10.4. The van der Waals surface area contributed by atoms with Crippen molar-refractivity contribution in [3.05, 3.63) is 12.7 Å². The molecule has 0 atom stereocenters. The van der Waals surface area contributed by atoms with E-state index >= 15 is 0 Å². The number of anilines is 2. The minimum absolute atomic E-state index is 0.447. The average Bonchev–Trinajstić information content (AvgIpc) is 2.97. The molecule has 20 heavy (non-hydrogen) atoms. The summed E-state index contributed by atoms with van der Waals surface area (Å²) in [6.07, 6.45) is 4.01. The Kier molecular flexibility index (Phi) is 4.80. The van der Waals surface area contributed by atoms with Gasteiger partial charge in [0.2, 0.25) is 11.9 Å².